The van der Waals surface area contributed by atoms with Gasteiger partial charge in [0.15, 0.2) is 11.7 Å². The first kappa shape index (κ1) is 28.6. The molecule has 0 spiro atoms. The van der Waals surface area contributed by atoms with Gasteiger partial charge in [-0.2, -0.15) is 0 Å². The van der Waals surface area contributed by atoms with Gasteiger partial charge in [0.25, 0.3) is 5.91 Å². The van der Waals surface area contributed by atoms with Crippen LogP contribution in [0.3, 0.4) is 0 Å². The van der Waals surface area contributed by atoms with Gasteiger partial charge in [-0.25, -0.2) is 4.79 Å². The van der Waals surface area contributed by atoms with Gasteiger partial charge >= 0.3 is 5.97 Å². The number of ether oxygens (including phenoxy) is 2. The molecule has 2 atom stereocenters. The van der Waals surface area contributed by atoms with E-state index >= 15 is 0 Å². The average Bonchev–Trinajstić information content (AvgIpc) is 3.69. The predicted octanol–water partition coefficient (Wildman–Crippen LogP) is 5.85. The number of aromatic nitrogens is 2. The number of pyridine rings is 1. The smallest absolute Gasteiger partial charge is 0.337 e. The Morgan fingerprint density at radius 2 is 1.61 bits per heavy atom. The number of hydrogen-bond acceptors (Lipinski definition) is 6. The molecule has 1 fully saturated rings. The lowest BCUT2D eigenvalue weighted by molar-refractivity contribution is -0.118. The second-order valence-corrected chi connectivity index (χ2v) is 10.4. The van der Waals surface area contributed by atoms with Crippen LogP contribution >= 0.6 is 12.2 Å². The molecule has 6 rings (SSSR count). The fourth-order valence-electron chi connectivity index (χ4n) is 5.25. The number of nitrogens with zero attached hydrogens (tertiary/aromatic N) is 3. The van der Waals surface area contributed by atoms with Crippen LogP contribution in [0.2, 0.25) is 0 Å². The van der Waals surface area contributed by atoms with E-state index in [0.29, 0.717) is 22.1 Å². The molecule has 5 aromatic rings. The van der Waals surface area contributed by atoms with E-state index in [1.165, 1.54) is 7.11 Å². The van der Waals surface area contributed by atoms with Crippen molar-refractivity contribution in [2.75, 3.05) is 23.9 Å². The molecule has 1 saturated heterocycles. The van der Waals surface area contributed by atoms with Gasteiger partial charge in [-0.3, -0.25) is 9.78 Å². The number of hydrogen-bond donors (Lipinski definition) is 2. The van der Waals surface area contributed by atoms with Gasteiger partial charge in [0.1, 0.15) is 11.8 Å². The van der Waals surface area contributed by atoms with E-state index in [-0.39, 0.29) is 30.6 Å². The van der Waals surface area contributed by atoms with Crippen LogP contribution in [0.25, 0.3) is 5.69 Å². The number of benzene rings is 3. The summed E-state index contributed by atoms with van der Waals surface area (Å²) in [6.45, 7) is -0.0999. The standard InChI is InChI=1S/C34H29N5O4S/c1-42-33(41)23-12-16-25(17-13-23)38-21-7-11-29(38)32-31(28-10-5-6-20-35-28)37-34(44)39(32)26-18-14-24(15-19-26)36-30(40)22-43-27-8-3-2-4-9-27/h2-21,31-32H,22H2,1H3,(H,36,40)(H,37,44)/t31-,32+/m0/s1. The van der Waals surface area contributed by atoms with Crippen molar-refractivity contribution in [2.24, 2.45) is 0 Å². The van der Waals surface area contributed by atoms with Crippen molar-refractivity contribution in [1.29, 1.82) is 0 Å². The van der Waals surface area contributed by atoms with Crippen LogP contribution in [-0.2, 0) is 9.53 Å². The van der Waals surface area contributed by atoms with Gasteiger partial charge in [-0.1, -0.05) is 24.3 Å². The molecular weight excluding hydrogens is 574 g/mol. The van der Waals surface area contributed by atoms with Crippen LogP contribution < -0.4 is 20.3 Å². The molecule has 2 aromatic heterocycles. The highest BCUT2D eigenvalue weighted by atomic mass is 32.1. The van der Waals surface area contributed by atoms with Crippen LogP contribution in [0.4, 0.5) is 11.4 Å². The number of esters is 1. The zero-order valence-corrected chi connectivity index (χ0v) is 24.6. The molecule has 3 aromatic carbocycles. The quantitative estimate of drug-likeness (QED) is 0.160. The summed E-state index contributed by atoms with van der Waals surface area (Å²) in [7, 11) is 1.36. The molecule has 2 N–H and O–H groups in total. The van der Waals surface area contributed by atoms with Crippen molar-refractivity contribution in [1.82, 2.24) is 14.9 Å². The Bertz CT molecular complexity index is 1760. The van der Waals surface area contributed by atoms with E-state index in [1.807, 2.05) is 85.1 Å². The number of para-hydroxylation sites is 1. The van der Waals surface area contributed by atoms with Gasteiger partial charge in [0.2, 0.25) is 0 Å². The Morgan fingerprint density at radius 1 is 0.886 bits per heavy atom. The molecule has 0 bridgehead atoms. The van der Waals surface area contributed by atoms with Gasteiger partial charge < -0.3 is 29.6 Å². The molecule has 3 heterocycles. The summed E-state index contributed by atoms with van der Waals surface area (Å²) in [5.41, 5.74) is 4.65. The lowest BCUT2D eigenvalue weighted by atomic mass is 10.0. The molecule has 9 nitrogen and oxygen atoms in total. The highest BCUT2D eigenvalue weighted by Crippen LogP contribution is 2.42. The monoisotopic (exact) mass is 603 g/mol. The summed E-state index contributed by atoms with van der Waals surface area (Å²) in [5.74, 6) is -0.0193. The Kier molecular flexibility index (Phi) is 8.33. The van der Waals surface area contributed by atoms with E-state index in [2.05, 4.69) is 31.2 Å². The summed E-state index contributed by atoms with van der Waals surface area (Å²) < 4.78 is 12.5. The molecular formula is C34H29N5O4S. The zero-order chi connectivity index (χ0) is 30.5. The van der Waals surface area contributed by atoms with Crippen LogP contribution in [0.15, 0.2) is 122 Å². The second kappa shape index (κ2) is 12.8. The molecule has 220 valence electrons. The summed E-state index contributed by atoms with van der Waals surface area (Å²) in [4.78, 5) is 31.2. The highest BCUT2D eigenvalue weighted by Gasteiger charge is 2.42. The summed E-state index contributed by atoms with van der Waals surface area (Å²) in [6.07, 6.45) is 3.75. The third-order valence-electron chi connectivity index (χ3n) is 7.29. The minimum Gasteiger partial charge on any atom is -0.484 e. The first-order chi connectivity index (χ1) is 21.5. The molecule has 10 heteroatoms. The number of rotatable bonds is 9. The molecule has 1 aliphatic heterocycles. The normalized spacial score (nSPS) is 15.8. The van der Waals surface area contributed by atoms with E-state index in [0.717, 1.165) is 22.8 Å². The van der Waals surface area contributed by atoms with Crippen molar-refractivity contribution >= 4 is 40.6 Å². The Hall–Kier alpha value is -5.48. The molecule has 0 unspecified atom stereocenters. The SMILES string of the molecule is COC(=O)c1ccc(-n2cccc2[C@@H]2[C@H](c3ccccn3)NC(=S)N2c2ccc(NC(=O)COc3ccccc3)cc2)cc1. The van der Waals surface area contributed by atoms with Gasteiger partial charge in [0.05, 0.1) is 24.4 Å². The van der Waals surface area contributed by atoms with Crippen molar-refractivity contribution in [3.05, 3.63) is 139 Å². The number of carbonyl (C=O) groups excluding carboxylic acids is 2. The van der Waals surface area contributed by atoms with Crippen LogP contribution in [-0.4, -0.2) is 40.3 Å². The molecule has 1 amide bonds. The molecule has 44 heavy (non-hydrogen) atoms. The van der Waals surface area contributed by atoms with Crippen LogP contribution in [0, 0.1) is 0 Å². The lowest BCUT2D eigenvalue weighted by Gasteiger charge is -2.29. The minimum absolute atomic E-state index is 0.0999. The molecule has 0 radical (unpaired) electrons. The van der Waals surface area contributed by atoms with Gasteiger partial charge in [-0.05, 0) is 97.1 Å². The Morgan fingerprint density at radius 3 is 2.32 bits per heavy atom. The second-order valence-electron chi connectivity index (χ2n) is 10.0. The number of carbonyl (C=O) groups is 2. The third-order valence-corrected chi connectivity index (χ3v) is 7.60. The first-order valence-corrected chi connectivity index (χ1v) is 14.4. The minimum atomic E-state index is -0.389. The lowest BCUT2D eigenvalue weighted by Crippen LogP contribution is -2.30. The topological polar surface area (TPSA) is 97.7 Å². The van der Waals surface area contributed by atoms with Crippen molar-refractivity contribution in [2.45, 2.75) is 12.1 Å². The highest BCUT2D eigenvalue weighted by molar-refractivity contribution is 7.80. The summed E-state index contributed by atoms with van der Waals surface area (Å²) in [5, 5.41) is 6.91. The zero-order valence-electron chi connectivity index (χ0n) is 23.8. The number of amides is 1. The largest absolute Gasteiger partial charge is 0.484 e. The van der Waals surface area contributed by atoms with Crippen molar-refractivity contribution in [3.8, 4) is 11.4 Å². The maximum Gasteiger partial charge on any atom is 0.337 e. The van der Waals surface area contributed by atoms with Crippen molar-refractivity contribution in [3.63, 3.8) is 0 Å². The maximum atomic E-state index is 12.5. The van der Waals surface area contributed by atoms with Gasteiger partial charge in [-0.15, -0.1) is 0 Å². The van der Waals surface area contributed by atoms with Crippen LogP contribution in [0.5, 0.6) is 5.75 Å². The average molecular weight is 604 g/mol. The molecule has 1 aliphatic rings. The number of nitrogens with one attached hydrogen (secondary N) is 2. The number of anilines is 2. The molecule has 0 saturated carbocycles. The van der Waals surface area contributed by atoms with Gasteiger partial charge in [0, 0.05) is 35.1 Å². The van der Waals surface area contributed by atoms with E-state index in [9.17, 15) is 9.59 Å². The third kappa shape index (κ3) is 6.02. The fourth-order valence-corrected chi connectivity index (χ4v) is 5.59. The number of thiocarbonyl (C=S) groups is 1. The maximum absolute atomic E-state index is 12.5. The summed E-state index contributed by atoms with van der Waals surface area (Å²) in [6, 6.07) is 33.3. The van der Waals surface area contributed by atoms with E-state index < -0.39 is 0 Å². The van der Waals surface area contributed by atoms with E-state index in [1.54, 1.807) is 30.5 Å². The first-order valence-electron chi connectivity index (χ1n) is 14.0. The predicted molar refractivity (Wildman–Crippen MR) is 172 cm³/mol. The summed E-state index contributed by atoms with van der Waals surface area (Å²) >= 11 is 5.89. The number of methoxy groups -OCH3 is 1. The van der Waals surface area contributed by atoms with Crippen LogP contribution in [0.1, 0.15) is 33.8 Å². The Labute approximate surface area is 260 Å². The van der Waals surface area contributed by atoms with Crippen molar-refractivity contribution < 1.29 is 19.1 Å². The fraction of sp³-hybridized carbons (Fsp3) is 0.118. The Balaban J connectivity index is 1.28. The molecule has 0 aliphatic carbocycles. The van der Waals surface area contributed by atoms with E-state index in [4.69, 9.17) is 21.7 Å².